The summed E-state index contributed by atoms with van der Waals surface area (Å²) < 4.78 is 14.5. The van der Waals surface area contributed by atoms with Gasteiger partial charge in [0.2, 0.25) is 5.60 Å². The van der Waals surface area contributed by atoms with Crippen LogP contribution < -0.4 is 9.64 Å². The molecule has 178 valence electrons. The van der Waals surface area contributed by atoms with Crippen LogP contribution in [0.3, 0.4) is 0 Å². The average Bonchev–Trinajstić information content (AvgIpc) is 3.45. The number of aromatic nitrogens is 2. The number of pyridine rings is 2. The van der Waals surface area contributed by atoms with Crippen LogP contribution in [-0.4, -0.2) is 36.6 Å². The number of rotatable bonds is 5. The van der Waals surface area contributed by atoms with Crippen molar-refractivity contribution in [3.63, 3.8) is 0 Å². The van der Waals surface area contributed by atoms with E-state index in [-0.39, 0.29) is 5.97 Å². The zero-order valence-electron chi connectivity index (χ0n) is 20.3. The number of carbonyl (C=O) groups is 1. The highest BCUT2D eigenvalue weighted by atomic mass is 16.6. The fourth-order valence-electron chi connectivity index (χ4n) is 5.17. The summed E-state index contributed by atoms with van der Waals surface area (Å²) in [6.45, 7) is 0. The Hall–Kier alpha value is -4.58. The second-order valence-corrected chi connectivity index (χ2v) is 9.01. The summed E-state index contributed by atoms with van der Waals surface area (Å²) in [5, 5.41) is 0. The summed E-state index contributed by atoms with van der Waals surface area (Å²) >= 11 is 0. The molecule has 0 amide bonds. The van der Waals surface area contributed by atoms with E-state index < -0.39 is 5.60 Å². The predicted molar refractivity (Wildman–Crippen MR) is 140 cm³/mol. The Morgan fingerprint density at radius 3 is 2.47 bits per heavy atom. The minimum absolute atomic E-state index is 0.373. The largest absolute Gasteiger partial charge is 0.496 e. The number of benzene rings is 2. The molecule has 1 atom stereocenters. The number of fused-ring (bicyclic) bond motifs is 2. The van der Waals surface area contributed by atoms with Gasteiger partial charge in [0, 0.05) is 60.4 Å². The number of anilines is 1. The maximum Gasteiger partial charge on any atom is 0.340 e. The van der Waals surface area contributed by atoms with Gasteiger partial charge in [-0.25, -0.2) is 4.79 Å². The van der Waals surface area contributed by atoms with Crippen LogP contribution in [0.2, 0.25) is 0 Å². The highest BCUT2D eigenvalue weighted by Crippen LogP contribution is 2.53. The number of cyclic esters (lactones) is 1. The second-order valence-electron chi connectivity index (χ2n) is 9.01. The second kappa shape index (κ2) is 8.27. The molecule has 0 saturated heterocycles. The Kier molecular flexibility index (Phi) is 5.04. The van der Waals surface area contributed by atoms with E-state index >= 15 is 0 Å². The molecule has 0 aliphatic carbocycles. The van der Waals surface area contributed by atoms with E-state index in [1.807, 2.05) is 104 Å². The molecule has 1 aliphatic rings. The summed E-state index contributed by atoms with van der Waals surface area (Å²) in [4.78, 5) is 20.1. The van der Waals surface area contributed by atoms with Gasteiger partial charge in [-0.15, -0.1) is 0 Å². The van der Waals surface area contributed by atoms with Crippen LogP contribution in [-0.2, 0) is 10.3 Å². The third kappa shape index (κ3) is 3.11. The van der Waals surface area contributed by atoms with Crippen molar-refractivity contribution >= 4 is 17.2 Å². The lowest BCUT2D eigenvalue weighted by Crippen LogP contribution is -2.32. The van der Waals surface area contributed by atoms with Crippen molar-refractivity contribution < 1.29 is 14.3 Å². The van der Waals surface area contributed by atoms with E-state index in [0.717, 1.165) is 39.3 Å². The lowest BCUT2D eigenvalue weighted by Gasteiger charge is -2.32. The lowest BCUT2D eigenvalue weighted by atomic mass is 9.80. The van der Waals surface area contributed by atoms with E-state index in [1.54, 1.807) is 13.3 Å². The first-order valence-electron chi connectivity index (χ1n) is 11.8. The van der Waals surface area contributed by atoms with Crippen LogP contribution in [0.4, 0.5) is 5.69 Å². The molecule has 0 saturated carbocycles. The molecule has 6 heteroatoms. The standard InChI is InChI=1S/C30H25N3O3/c1-32(2)20-14-15-25(27(19-20)35-3)30(24-12-5-4-11-22(24)29(34)36-30)28-23(26-13-6-8-16-31-26)18-21-10-7-9-17-33(21)28/h4-19H,1-3H3. The van der Waals surface area contributed by atoms with Crippen LogP contribution in [0, 0.1) is 0 Å². The topological polar surface area (TPSA) is 56.1 Å². The van der Waals surface area contributed by atoms with Gasteiger partial charge in [-0.3, -0.25) is 4.98 Å². The maximum atomic E-state index is 13.4. The normalized spacial score (nSPS) is 16.6. The molecule has 0 radical (unpaired) electrons. The fourth-order valence-corrected chi connectivity index (χ4v) is 5.17. The zero-order chi connectivity index (χ0) is 24.9. The minimum atomic E-state index is -1.26. The summed E-state index contributed by atoms with van der Waals surface area (Å²) in [6, 6.07) is 27.5. The van der Waals surface area contributed by atoms with Gasteiger partial charge < -0.3 is 18.8 Å². The van der Waals surface area contributed by atoms with E-state index in [9.17, 15) is 4.79 Å². The van der Waals surface area contributed by atoms with Gasteiger partial charge in [0.25, 0.3) is 0 Å². The molecule has 0 fully saturated rings. The molecule has 0 N–H and O–H groups in total. The van der Waals surface area contributed by atoms with Crippen LogP contribution in [0.15, 0.2) is 97.3 Å². The van der Waals surface area contributed by atoms with Gasteiger partial charge in [0.1, 0.15) is 5.75 Å². The van der Waals surface area contributed by atoms with Crippen molar-refractivity contribution in [1.82, 2.24) is 9.38 Å². The zero-order valence-corrected chi connectivity index (χ0v) is 20.3. The molecule has 6 nitrogen and oxygen atoms in total. The predicted octanol–water partition coefficient (Wildman–Crippen LogP) is 5.54. The summed E-state index contributed by atoms with van der Waals surface area (Å²) in [7, 11) is 5.61. The van der Waals surface area contributed by atoms with Crippen molar-refractivity contribution in [3.05, 3.63) is 120 Å². The van der Waals surface area contributed by atoms with Crippen molar-refractivity contribution in [2.45, 2.75) is 5.60 Å². The SMILES string of the molecule is COc1cc(N(C)C)ccc1C1(c2c(-c3ccccn3)cc3ccccn23)OC(=O)c2ccccc21. The van der Waals surface area contributed by atoms with Crippen LogP contribution >= 0.6 is 0 Å². The number of hydrogen-bond donors (Lipinski definition) is 0. The van der Waals surface area contributed by atoms with E-state index in [4.69, 9.17) is 9.47 Å². The number of ether oxygens (including phenoxy) is 2. The van der Waals surface area contributed by atoms with Crippen LogP contribution in [0.1, 0.15) is 27.2 Å². The van der Waals surface area contributed by atoms with Gasteiger partial charge in [-0.1, -0.05) is 30.3 Å². The molecule has 5 aromatic rings. The molecular formula is C30H25N3O3. The van der Waals surface area contributed by atoms with Gasteiger partial charge in [-0.2, -0.15) is 0 Å². The van der Waals surface area contributed by atoms with Crippen LogP contribution in [0.5, 0.6) is 5.75 Å². The van der Waals surface area contributed by atoms with Crippen molar-refractivity contribution in [1.29, 1.82) is 0 Å². The molecule has 4 heterocycles. The fraction of sp³-hybridized carbons (Fsp3) is 0.133. The monoisotopic (exact) mass is 475 g/mol. The highest BCUT2D eigenvalue weighted by molar-refractivity contribution is 5.97. The first-order chi connectivity index (χ1) is 17.5. The van der Waals surface area contributed by atoms with Crippen molar-refractivity contribution in [2.24, 2.45) is 0 Å². The Labute approximate surface area is 209 Å². The summed E-state index contributed by atoms with van der Waals surface area (Å²) in [5.41, 5.74) is 5.21. The average molecular weight is 476 g/mol. The number of methoxy groups -OCH3 is 1. The van der Waals surface area contributed by atoms with E-state index in [1.165, 1.54) is 0 Å². The molecule has 1 unspecified atom stereocenters. The lowest BCUT2D eigenvalue weighted by molar-refractivity contribution is 0.0232. The molecule has 36 heavy (non-hydrogen) atoms. The van der Waals surface area contributed by atoms with Gasteiger partial charge in [0.15, 0.2) is 0 Å². The first kappa shape index (κ1) is 21.9. The number of carbonyl (C=O) groups excluding carboxylic acids is 1. The Balaban J connectivity index is 1.78. The van der Waals surface area contributed by atoms with Crippen LogP contribution in [0.25, 0.3) is 16.8 Å². The quantitative estimate of drug-likeness (QED) is 0.313. The van der Waals surface area contributed by atoms with E-state index in [2.05, 4.69) is 15.5 Å². The Morgan fingerprint density at radius 2 is 1.69 bits per heavy atom. The number of hydrogen-bond acceptors (Lipinski definition) is 5. The molecule has 0 bridgehead atoms. The third-order valence-corrected chi connectivity index (χ3v) is 6.81. The molecule has 1 aliphatic heterocycles. The van der Waals surface area contributed by atoms with E-state index in [0.29, 0.717) is 11.3 Å². The smallest absolute Gasteiger partial charge is 0.340 e. The highest BCUT2D eigenvalue weighted by Gasteiger charge is 2.53. The molecule has 0 spiro atoms. The molecular weight excluding hydrogens is 450 g/mol. The summed E-state index contributed by atoms with van der Waals surface area (Å²) in [5.74, 6) is 0.255. The number of nitrogens with zero attached hydrogens (tertiary/aromatic N) is 3. The molecule has 6 rings (SSSR count). The van der Waals surface area contributed by atoms with Crippen molar-refractivity contribution in [3.8, 4) is 17.0 Å². The maximum absolute atomic E-state index is 13.4. The van der Waals surface area contributed by atoms with Gasteiger partial charge in [-0.05, 0) is 48.5 Å². The Bertz CT molecular complexity index is 1610. The summed E-state index contributed by atoms with van der Waals surface area (Å²) in [6.07, 6.45) is 3.77. The molecule has 3 aromatic heterocycles. The minimum Gasteiger partial charge on any atom is -0.496 e. The van der Waals surface area contributed by atoms with Gasteiger partial charge >= 0.3 is 5.97 Å². The third-order valence-electron chi connectivity index (χ3n) is 6.81. The number of esters is 1. The van der Waals surface area contributed by atoms with Gasteiger partial charge in [0.05, 0.1) is 24.1 Å². The Morgan fingerprint density at radius 1 is 0.889 bits per heavy atom. The van der Waals surface area contributed by atoms with Crippen molar-refractivity contribution in [2.75, 3.05) is 26.1 Å². The first-order valence-corrected chi connectivity index (χ1v) is 11.8. The molecule has 2 aromatic carbocycles.